The summed E-state index contributed by atoms with van der Waals surface area (Å²) >= 11 is 0. The second kappa shape index (κ2) is 6.29. The summed E-state index contributed by atoms with van der Waals surface area (Å²) in [4.78, 5) is 8.63. The zero-order valence-corrected chi connectivity index (χ0v) is 11.6. The minimum atomic E-state index is 0.389. The van der Waals surface area contributed by atoms with E-state index in [1.165, 1.54) is 6.33 Å². The van der Waals surface area contributed by atoms with E-state index in [4.69, 9.17) is 4.74 Å². The zero-order valence-electron chi connectivity index (χ0n) is 11.6. The van der Waals surface area contributed by atoms with Crippen LogP contribution in [0.15, 0.2) is 18.5 Å². The molecular weight excluding hydrogens is 242 g/mol. The van der Waals surface area contributed by atoms with Crippen molar-refractivity contribution in [2.45, 2.75) is 27.0 Å². The van der Waals surface area contributed by atoms with E-state index in [0.717, 1.165) is 29.5 Å². The monoisotopic (exact) mass is 261 g/mol. The minimum absolute atomic E-state index is 0.389. The SMILES string of the molecule is CCNCc1nc(C)ccc1OCc1ncnn1C. The molecule has 2 rings (SSSR count). The molecule has 0 spiro atoms. The molecule has 0 fully saturated rings. The standard InChI is InChI=1S/C13H19N5O/c1-4-14-7-11-12(6-5-10(2)17-11)19-8-13-15-9-16-18(13)3/h5-6,9,14H,4,7-8H2,1-3H3. The number of aryl methyl sites for hydroxylation is 2. The first-order valence-corrected chi connectivity index (χ1v) is 6.33. The van der Waals surface area contributed by atoms with Crippen molar-refractivity contribution < 1.29 is 4.74 Å². The number of rotatable bonds is 6. The molecule has 0 radical (unpaired) electrons. The Kier molecular flexibility index (Phi) is 4.46. The van der Waals surface area contributed by atoms with Crippen LogP contribution in [0.4, 0.5) is 0 Å². The van der Waals surface area contributed by atoms with E-state index in [1.807, 2.05) is 26.1 Å². The van der Waals surface area contributed by atoms with Crippen LogP contribution in [-0.2, 0) is 20.2 Å². The summed E-state index contributed by atoms with van der Waals surface area (Å²) in [5.74, 6) is 1.57. The van der Waals surface area contributed by atoms with E-state index >= 15 is 0 Å². The number of nitrogens with one attached hydrogen (secondary N) is 1. The number of hydrogen-bond acceptors (Lipinski definition) is 5. The third-order valence-corrected chi connectivity index (χ3v) is 2.78. The largest absolute Gasteiger partial charge is 0.484 e. The van der Waals surface area contributed by atoms with Gasteiger partial charge in [-0.05, 0) is 25.6 Å². The smallest absolute Gasteiger partial charge is 0.164 e. The predicted molar refractivity (Wildman–Crippen MR) is 71.7 cm³/mol. The minimum Gasteiger partial charge on any atom is -0.484 e. The van der Waals surface area contributed by atoms with Crippen molar-refractivity contribution in [3.8, 4) is 5.75 Å². The van der Waals surface area contributed by atoms with E-state index in [2.05, 4.69) is 27.3 Å². The number of ether oxygens (including phenoxy) is 1. The normalized spacial score (nSPS) is 10.7. The van der Waals surface area contributed by atoms with Gasteiger partial charge in [0.1, 0.15) is 18.7 Å². The van der Waals surface area contributed by atoms with Gasteiger partial charge in [-0.25, -0.2) is 4.98 Å². The topological polar surface area (TPSA) is 64.9 Å². The summed E-state index contributed by atoms with van der Waals surface area (Å²) in [6, 6.07) is 3.90. The first-order valence-electron chi connectivity index (χ1n) is 6.33. The Morgan fingerprint density at radius 1 is 1.37 bits per heavy atom. The lowest BCUT2D eigenvalue weighted by atomic mass is 10.3. The summed E-state index contributed by atoms with van der Waals surface area (Å²) in [5, 5.41) is 7.27. The third kappa shape index (κ3) is 3.51. The molecule has 0 atom stereocenters. The fourth-order valence-corrected chi connectivity index (χ4v) is 1.69. The van der Waals surface area contributed by atoms with Crippen molar-refractivity contribution in [2.75, 3.05) is 6.54 Å². The molecule has 19 heavy (non-hydrogen) atoms. The molecule has 2 aromatic heterocycles. The molecule has 6 heteroatoms. The maximum Gasteiger partial charge on any atom is 0.164 e. The molecule has 1 N–H and O–H groups in total. The van der Waals surface area contributed by atoms with Crippen LogP contribution in [0.5, 0.6) is 5.75 Å². The number of pyridine rings is 1. The van der Waals surface area contributed by atoms with Crippen molar-refractivity contribution in [3.05, 3.63) is 35.7 Å². The molecule has 0 amide bonds. The first kappa shape index (κ1) is 13.5. The summed E-state index contributed by atoms with van der Waals surface area (Å²) < 4.78 is 7.49. The average molecular weight is 261 g/mol. The zero-order chi connectivity index (χ0) is 13.7. The van der Waals surface area contributed by atoms with Gasteiger partial charge in [-0.3, -0.25) is 9.67 Å². The van der Waals surface area contributed by atoms with Gasteiger partial charge in [0.2, 0.25) is 0 Å². The van der Waals surface area contributed by atoms with Crippen LogP contribution in [0, 0.1) is 6.92 Å². The molecule has 0 aliphatic rings. The Hall–Kier alpha value is -1.95. The van der Waals surface area contributed by atoms with Gasteiger partial charge < -0.3 is 10.1 Å². The lowest BCUT2D eigenvalue weighted by Gasteiger charge is -2.11. The maximum absolute atomic E-state index is 5.79. The maximum atomic E-state index is 5.79. The van der Waals surface area contributed by atoms with Gasteiger partial charge in [0.15, 0.2) is 5.82 Å². The Labute approximate surface area is 112 Å². The molecule has 0 saturated heterocycles. The molecule has 2 aromatic rings. The first-order chi connectivity index (χ1) is 9.20. The van der Waals surface area contributed by atoms with Crippen LogP contribution in [0.3, 0.4) is 0 Å². The number of aromatic nitrogens is 4. The Bertz CT molecular complexity index is 538. The van der Waals surface area contributed by atoms with Gasteiger partial charge >= 0.3 is 0 Å². The molecule has 0 bridgehead atoms. The van der Waals surface area contributed by atoms with E-state index in [9.17, 15) is 0 Å². The van der Waals surface area contributed by atoms with Crippen LogP contribution in [0.25, 0.3) is 0 Å². The van der Waals surface area contributed by atoms with Gasteiger partial charge in [0.25, 0.3) is 0 Å². The molecular formula is C13H19N5O. The molecule has 0 aliphatic heterocycles. The molecule has 2 heterocycles. The highest BCUT2D eigenvalue weighted by molar-refractivity contribution is 5.29. The van der Waals surface area contributed by atoms with Crippen LogP contribution < -0.4 is 10.1 Å². The molecule has 102 valence electrons. The Morgan fingerprint density at radius 3 is 2.89 bits per heavy atom. The Morgan fingerprint density at radius 2 is 2.21 bits per heavy atom. The van der Waals surface area contributed by atoms with Crippen LogP contribution in [-0.4, -0.2) is 26.3 Å². The molecule has 0 aliphatic carbocycles. The fourth-order valence-electron chi connectivity index (χ4n) is 1.69. The van der Waals surface area contributed by atoms with E-state index < -0.39 is 0 Å². The summed E-state index contributed by atoms with van der Waals surface area (Å²) in [6.45, 7) is 6.03. The molecule has 6 nitrogen and oxygen atoms in total. The van der Waals surface area contributed by atoms with E-state index in [0.29, 0.717) is 13.2 Å². The van der Waals surface area contributed by atoms with Crippen molar-refractivity contribution in [1.82, 2.24) is 25.1 Å². The highest BCUT2D eigenvalue weighted by Gasteiger charge is 2.08. The molecule has 0 unspecified atom stereocenters. The predicted octanol–water partition coefficient (Wildman–Crippen LogP) is 1.21. The third-order valence-electron chi connectivity index (χ3n) is 2.78. The second-order valence-corrected chi connectivity index (χ2v) is 4.27. The van der Waals surface area contributed by atoms with Gasteiger partial charge in [-0.2, -0.15) is 5.10 Å². The fraction of sp³-hybridized carbons (Fsp3) is 0.462. The van der Waals surface area contributed by atoms with Gasteiger partial charge in [-0.1, -0.05) is 6.92 Å². The van der Waals surface area contributed by atoms with Gasteiger partial charge in [-0.15, -0.1) is 0 Å². The highest BCUT2D eigenvalue weighted by Crippen LogP contribution is 2.18. The lowest BCUT2D eigenvalue weighted by Crippen LogP contribution is -2.15. The van der Waals surface area contributed by atoms with E-state index in [-0.39, 0.29) is 0 Å². The van der Waals surface area contributed by atoms with E-state index in [1.54, 1.807) is 4.68 Å². The van der Waals surface area contributed by atoms with Crippen molar-refractivity contribution >= 4 is 0 Å². The van der Waals surface area contributed by atoms with Crippen molar-refractivity contribution in [2.24, 2.45) is 7.05 Å². The summed E-state index contributed by atoms with van der Waals surface area (Å²) in [5.41, 5.74) is 1.91. The Balaban J connectivity index is 2.08. The highest BCUT2D eigenvalue weighted by atomic mass is 16.5. The van der Waals surface area contributed by atoms with Gasteiger partial charge in [0.05, 0.1) is 5.69 Å². The van der Waals surface area contributed by atoms with Crippen molar-refractivity contribution in [1.29, 1.82) is 0 Å². The summed E-state index contributed by atoms with van der Waals surface area (Å²) in [7, 11) is 1.85. The number of nitrogens with zero attached hydrogens (tertiary/aromatic N) is 4. The van der Waals surface area contributed by atoms with Crippen LogP contribution in [0.1, 0.15) is 24.1 Å². The molecule has 0 aromatic carbocycles. The lowest BCUT2D eigenvalue weighted by molar-refractivity contribution is 0.284. The quantitative estimate of drug-likeness (QED) is 0.846. The summed E-state index contributed by atoms with van der Waals surface area (Å²) in [6.07, 6.45) is 1.52. The second-order valence-electron chi connectivity index (χ2n) is 4.27. The van der Waals surface area contributed by atoms with Crippen LogP contribution in [0.2, 0.25) is 0 Å². The van der Waals surface area contributed by atoms with Crippen molar-refractivity contribution in [3.63, 3.8) is 0 Å². The van der Waals surface area contributed by atoms with Gasteiger partial charge in [0, 0.05) is 19.3 Å². The average Bonchev–Trinajstić information content (AvgIpc) is 2.81. The van der Waals surface area contributed by atoms with Crippen LogP contribution >= 0.6 is 0 Å². The number of hydrogen-bond donors (Lipinski definition) is 1. The molecule has 0 saturated carbocycles.